The summed E-state index contributed by atoms with van der Waals surface area (Å²) >= 11 is 3.66. The fraction of sp³-hybridized carbons (Fsp3) is 0.667. The minimum Gasteiger partial charge on any atom is -0.496 e. The molecule has 0 saturated heterocycles. The highest BCUT2D eigenvalue weighted by Gasteiger charge is 2.19. The lowest BCUT2D eigenvalue weighted by molar-refractivity contribution is 0.405. The Kier molecular flexibility index (Phi) is 6.56. The standard InChI is InChI=1S/C18H28BrNO/c1-13-12-17(19)14(2)16(18(13)21-3)8-6-4-5-7-11-20-15-9-10-15/h12,15,20H,4-11H2,1-3H3. The van der Waals surface area contributed by atoms with E-state index in [-0.39, 0.29) is 0 Å². The molecule has 0 spiro atoms. The summed E-state index contributed by atoms with van der Waals surface area (Å²) < 4.78 is 6.81. The number of unbranched alkanes of at least 4 members (excludes halogenated alkanes) is 3. The normalized spacial score (nSPS) is 14.5. The zero-order chi connectivity index (χ0) is 15.2. The summed E-state index contributed by atoms with van der Waals surface area (Å²) in [6.07, 6.45) is 9.09. The van der Waals surface area contributed by atoms with Gasteiger partial charge in [-0.2, -0.15) is 0 Å². The van der Waals surface area contributed by atoms with Gasteiger partial charge in [-0.15, -0.1) is 0 Å². The Morgan fingerprint density at radius 2 is 1.90 bits per heavy atom. The van der Waals surface area contributed by atoms with Crippen LogP contribution in [0, 0.1) is 13.8 Å². The molecule has 0 amide bonds. The predicted octanol–water partition coefficient (Wildman–Crippen LogP) is 4.93. The van der Waals surface area contributed by atoms with Crippen molar-refractivity contribution in [1.82, 2.24) is 5.32 Å². The molecule has 1 aromatic rings. The summed E-state index contributed by atoms with van der Waals surface area (Å²) in [5, 5.41) is 3.58. The Bertz CT molecular complexity index is 469. The highest BCUT2D eigenvalue weighted by atomic mass is 79.9. The molecule has 3 heteroatoms. The number of rotatable bonds is 9. The van der Waals surface area contributed by atoms with Crippen LogP contribution >= 0.6 is 15.9 Å². The van der Waals surface area contributed by atoms with Crippen molar-refractivity contribution in [1.29, 1.82) is 0 Å². The first kappa shape index (κ1) is 16.8. The van der Waals surface area contributed by atoms with Crippen molar-refractivity contribution in [3.63, 3.8) is 0 Å². The largest absolute Gasteiger partial charge is 0.496 e. The summed E-state index contributed by atoms with van der Waals surface area (Å²) in [4.78, 5) is 0. The molecule has 1 aliphatic rings. The minimum absolute atomic E-state index is 0.849. The van der Waals surface area contributed by atoms with Gasteiger partial charge in [0.25, 0.3) is 0 Å². The van der Waals surface area contributed by atoms with E-state index in [9.17, 15) is 0 Å². The first-order valence-corrected chi connectivity index (χ1v) is 8.98. The van der Waals surface area contributed by atoms with Gasteiger partial charge in [0.15, 0.2) is 0 Å². The molecule has 21 heavy (non-hydrogen) atoms. The average molecular weight is 354 g/mol. The Morgan fingerprint density at radius 3 is 2.57 bits per heavy atom. The van der Waals surface area contributed by atoms with E-state index >= 15 is 0 Å². The molecule has 1 saturated carbocycles. The number of methoxy groups -OCH3 is 1. The van der Waals surface area contributed by atoms with Crippen molar-refractivity contribution in [3.8, 4) is 5.75 Å². The van der Waals surface area contributed by atoms with Crippen LogP contribution in [0.3, 0.4) is 0 Å². The Labute approximate surface area is 137 Å². The van der Waals surface area contributed by atoms with E-state index in [0.717, 1.165) is 18.2 Å². The van der Waals surface area contributed by atoms with E-state index < -0.39 is 0 Å². The maximum absolute atomic E-state index is 5.61. The molecule has 1 N–H and O–H groups in total. The van der Waals surface area contributed by atoms with Crippen LogP contribution < -0.4 is 10.1 Å². The van der Waals surface area contributed by atoms with Gasteiger partial charge in [-0.3, -0.25) is 0 Å². The third kappa shape index (κ3) is 5.00. The van der Waals surface area contributed by atoms with E-state index in [1.165, 1.54) is 66.2 Å². The number of benzene rings is 1. The fourth-order valence-corrected chi connectivity index (χ4v) is 3.46. The van der Waals surface area contributed by atoms with Gasteiger partial charge in [-0.1, -0.05) is 28.8 Å². The number of hydrogen-bond acceptors (Lipinski definition) is 2. The number of nitrogens with one attached hydrogen (secondary N) is 1. The molecule has 0 unspecified atom stereocenters. The van der Waals surface area contributed by atoms with Gasteiger partial charge >= 0.3 is 0 Å². The van der Waals surface area contributed by atoms with Crippen LogP contribution in [0.4, 0.5) is 0 Å². The Hall–Kier alpha value is -0.540. The quantitative estimate of drug-likeness (QED) is 0.635. The maximum Gasteiger partial charge on any atom is 0.125 e. The zero-order valence-electron chi connectivity index (χ0n) is 13.6. The van der Waals surface area contributed by atoms with Crippen LogP contribution in [0.25, 0.3) is 0 Å². The molecular weight excluding hydrogens is 326 g/mol. The lowest BCUT2D eigenvalue weighted by Crippen LogP contribution is -2.17. The van der Waals surface area contributed by atoms with Crippen molar-refractivity contribution in [2.24, 2.45) is 0 Å². The second-order valence-corrected chi connectivity index (χ2v) is 7.06. The van der Waals surface area contributed by atoms with Gasteiger partial charge in [-0.25, -0.2) is 0 Å². The summed E-state index contributed by atoms with van der Waals surface area (Å²) in [6.45, 7) is 5.50. The van der Waals surface area contributed by atoms with E-state index in [4.69, 9.17) is 4.74 Å². The van der Waals surface area contributed by atoms with Crippen molar-refractivity contribution in [2.75, 3.05) is 13.7 Å². The van der Waals surface area contributed by atoms with Crippen LogP contribution in [-0.2, 0) is 6.42 Å². The summed E-state index contributed by atoms with van der Waals surface area (Å²) in [5.41, 5.74) is 3.92. The van der Waals surface area contributed by atoms with E-state index in [0.29, 0.717) is 0 Å². The second kappa shape index (κ2) is 8.19. The molecule has 0 heterocycles. The summed E-state index contributed by atoms with van der Waals surface area (Å²) in [7, 11) is 1.78. The van der Waals surface area contributed by atoms with Gasteiger partial charge in [0, 0.05) is 10.5 Å². The highest BCUT2D eigenvalue weighted by molar-refractivity contribution is 9.10. The van der Waals surface area contributed by atoms with Gasteiger partial charge in [0.1, 0.15) is 5.75 Å². The van der Waals surface area contributed by atoms with Crippen LogP contribution in [0.15, 0.2) is 10.5 Å². The van der Waals surface area contributed by atoms with Crippen LogP contribution in [0.1, 0.15) is 55.2 Å². The van der Waals surface area contributed by atoms with Gasteiger partial charge < -0.3 is 10.1 Å². The minimum atomic E-state index is 0.849. The average Bonchev–Trinajstić information content (AvgIpc) is 3.27. The fourth-order valence-electron chi connectivity index (χ4n) is 2.88. The molecule has 0 radical (unpaired) electrons. The number of halogens is 1. The van der Waals surface area contributed by atoms with E-state index in [1.54, 1.807) is 7.11 Å². The molecular formula is C18H28BrNO. The van der Waals surface area contributed by atoms with Crippen LogP contribution in [0.2, 0.25) is 0 Å². The topological polar surface area (TPSA) is 21.3 Å². The monoisotopic (exact) mass is 353 g/mol. The van der Waals surface area contributed by atoms with Gasteiger partial charge in [0.2, 0.25) is 0 Å². The van der Waals surface area contributed by atoms with Gasteiger partial charge in [-0.05, 0) is 75.3 Å². The van der Waals surface area contributed by atoms with E-state index in [2.05, 4.69) is 41.2 Å². The molecule has 0 bridgehead atoms. The zero-order valence-corrected chi connectivity index (χ0v) is 15.2. The molecule has 0 aromatic heterocycles. The third-order valence-electron chi connectivity index (χ3n) is 4.35. The lowest BCUT2D eigenvalue weighted by atomic mass is 9.98. The highest BCUT2D eigenvalue weighted by Crippen LogP contribution is 2.33. The molecule has 1 aromatic carbocycles. The van der Waals surface area contributed by atoms with Crippen molar-refractivity contribution in [2.45, 2.75) is 64.8 Å². The molecule has 118 valence electrons. The smallest absolute Gasteiger partial charge is 0.125 e. The number of hydrogen-bond donors (Lipinski definition) is 1. The molecule has 0 atom stereocenters. The first-order valence-electron chi connectivity index (χ1n) is 8.19. The Balaban J connectivity index is 1.76. The SMILES string of the molecule is COc1c(C)cc(Br)c(C)c1CCCCCCNC1CC1. The van der Waals surface area contributed by atoms with Crippen LogP contribution in [0.5, 0.6) is 5.75 Å². The number of aryl methyl sites for hydroxylation is 1. The number of ether oxygens (including phenoxy) is 1. The summed E-state index contributed by atoms with van der Waals surface area (Å²) in [5.74, 6) is 1.08. The lowest BCUT2D eigenvalue weighted by Gasteiger charge is -2.16. The van der Waals surface area contributed by atoms with Crippen molar-refractivity contribution in [3.05, 3.63) is 27.2 Å². The molecule has 2 nitrogen and oxygen atoms in total. The first-order chi connectivity index (χ1) is 10.1. The summed E-state index contributed by atoms with van der Waals surface area (Å²) in [6, 6.07) is 3.00. The molecule has 1 fully saturated rings. The second-order valence-electron chi connectivity index (χ2n) is 6.20. The maximum atomic E-state index is 5.61. The van der Waals surface area contributed by atoms with Gasteiger partial charge in [0.05, 0.1) is 7.11 Å². The molecule has 0 aliphatic heterocycles. The van der Waals surface area contributed by atoms with Crippen LogP contribution in [-0.4, -0.2) is 19.7 Å². The van der Waals surface area contributed by atoms with E-state index in [1.807, 2.05) is 0 Å². The predicted molar refractivity (Wildman–Crippen MR) is 93.4 cm³/mol. The van der Waals surface area contributed by atoms with Crippen molar-refractivity contribution >= 4 is 15.9 Å². The molecule has 2 rings (SSSR count). The third-order valence-corrected chi connectivity index (χ3v) is 5.18. The Morgan fingerprint density at radius 1 is 1.19 bits per heavy atom. The van der Waals surface area contributed by atoms with Crippen molar-refractivity contribution < 1.29 is 4.74 Å². The molecule has 1 aliphatic carbocycles.